The molecule has 0 amide bonds. The highest BCUT2D eigenvalue weighted by atomic mass is 16.3. The van der Waals surface area contributed by atoms with Crippen LogP contribution in [0.1, 0.15) is 6.42 Å². The summed E-state index contributed by atoms with van der Waals surface area (Å²) in [5.41, 5.74) is 0.0429. The normalized spacial score (nSPS) is 36.4. The fourth-order valence-corrected chi connectivity index (χ4v) is 2.52. The van der Waals surface area contributed by atoms with Crippen LogP contribution >= 0.6 is 0 Å². The van der Waals surface area contributed by atoms with E-state index in [0.717, 1.165) is 45.7 Å². The zero-order chi connectivity index (χ0) is 10.0. The summed E-state index contributed by atoms with van der Waals surface area (Å²) >= 11 is 0. The Labute approximate surface area is 85.9 Å². The summed E-state index contributed by atoms with van der Waals surface area (Å²) in [6.07, 6.45) is 1.09. The van der Waals surface area contributed by atoms with Crippen molar-refractivity contribution in [2.45, 2.75) is 12.0 Å². The van der Waals surface area contributed by atoms with Gasteiger partial charge in [-0.25, -0.2) is 0 Å². The van der Waals surface area contributed by atoms with Crippen molar-refractivity contribution in [1.29, 1.82) is 0 Å². The fourth-order valence-electron chi connectivity index (χ4n) is 2.52. The van der Waals surface area contributed by atoms with Crippen molar-refractivity contribution in [3.63, 3.8) is 0 Å². The molecule has 2 rings (SSSR count). The van der Waals surface area contributed by atoms with Gasteiger partial charge in [-0.2, -0.15) is 0 Å². The molecule has 2 heterocycles. The highest BCUT2D eigenvalue weighted by Gasteiger charge is 2.39. The number of likely N-dealkylation sites (N-methyl/N-ethyl adjacent to an activating group) is 1. The second-order valence-electron chi connectivity index (χ2n) is 4.60. The molecule has 0 aromatic heterocycles. The maximum atomic E-state index is 9.54. The number of hydrogen-bond acceptors (Lipinski definition) is 4. The lowest BCUT2D eigenvalue weighted by molar-refractivity contribution is 0.0121. The molecule has 82 valence electrons. The first kappa shape index (κ1) is 10.4. The monoisotopic (exact) mass is 199 g/mol. The standard InChI is InChI=1S/C10H21N3O/c1-12-4-6-13(7-5-12)10(9-14)2-3-11-8-10/h11,14H,2-9H2,1H3. The van der Waals surface area contributed by atoms with E-state index in [4.69, 9.17) is 0 Å². The Morgan fingerprint density at radius 2 is 2.00 bits per heavy atom. The van der Waals surface area contributed by atoms with Crippen molar-refractivity contribution in [3.05, 3.63) is 0 Å². The van der Waals surface area contributed by atoms with Gasteiger partial charge in [-0.1, -0.05) is 0 Å². The van der Waals surface area contributed by atoms with Crippen molar-refractivity contribution in [2.24, 2.45) is 0 Å². The smallest absolute Gasteiger partial charge is 0.0628 e. The summed E-state index contributed by atoms with van der Waals surface area (Å²) in [6.45, 7) is 6.74. The van der Waals surface area contributed by atoms with E-state index in [1.165, 1.54) is 0 Å². The van der Waals surface area contributed by atoms with Crippen LogP contribution in [0.3, 0.4) is 0 Å². The molecule has 2 N–H and O–H groups in total. The van der Waals surface area contributed by atoms with Gasteiger partial charge in [-0.15, -0.1) is 0 Å². The zero-order valence-corrected chi connectivity index (χ0v) is 9.00. The number of aliphatic hydroxyl groups excluding tert-OH is 1. The molecule has 1 unspecified atom stereocenters. The minimum atomic E-state index is 0.0429. The van der Waals surface area contributed by atoms with E-state index >= 15 is 0 Å². The number of piperazine rings is 1. The maximum absolute atomic E-state index is 9.54. The average Bonchev–Trinajstić information content (AvgIpc) is 2.68. The van der Waals surface area contributed by atoms with Crippen molar-refractivity contribution < 1.29 is 5.11 Å². The van der Waals surface area contributed by atoms with Crippen LogP contribution in [0.5, 0.6) is 0 Å². The Morgan fingerprint density at radius 1 is 1.29 bits per heavy atom. The minimum Gasteiger partial charge on any atom is -0.394 e. The van der Waals surface area contributed by atoms with Crippen LogP contribution in [0.25, 0.3) is 0 Å². The van der Waals surface area contributed by atoms with E-state index in [1.807, 2.05) is 0 Å². The second kappa shape index (κ2) is 4.14. The number of nitrogens with one attached hydrogen (secondary N) is 1. The molecule has 0 bridgehead atoms. The lowest BCUT2D eigenvalue weighted by Crippen LogP contribution is -2.59. The quantitative estimate of drug-likeness (QED) is 0.596. The lowest BCUT2D eigenvalue weighted by atomic mass is 9.96. The van der Waals surface area contributed by atoms with Gasteiger partial charge in [0, 0.05) is 32.7 Å². The zero-order valence-electron chi connectivity index (χ0n) is 9.00. The number of hydrogen-bond donors (Lipinski definition) is 2. The fraction of sp³-hybridized carbons (Fsp3) is 1.00. The van der Waals surface area contributed by atoms with Gasteiger partial charge in [0.25, 0.3) is 0 Å². The third-order valence-electron chi connectivity index (χ3n) is 3.69. The first-order valence-corrected chi connectivity index (χ1v) is 5.52. The predicted octanol–water partition coefficient (Wildman–Crippen LogP) is -1.04. The molecule has 2 saturated heterocycles. The van der Waals surface area contributed by atoms with Crippen molar-refractivity contribution in [1.82, 2.24) is 15.1 Å². The third kappa shape index (κ3) is 1.80. The van der Waals surface area contributed by atoms with E-state index < -0.39 is 0 Å². The molecule has 4 heteroatoms. The summed E-state index contributed by atoms with van der Waals surface area (Å²) in [6, 6.07) is 0. The molecule has 0 spiro atoms. The Hall–Kier alpha value is -0.160. The first-order valence-electron chi connectivity index (χ1n) is 5.52. The van der Waals surface area contributed by atoms with Crippen LogP contribution in [-0.4, -0.2) is 73.4 Å². The molecule has 2 fully saturated rings. The molecule has 4 nitrogen and oxygen atoms in total. The number of rotatable bonds is 2. The van der Waals surface area contributed by atoms with Gasteiger partial charge in [-0.3, -0.25) is 4.90 Å². The van der Waals surface area contributed by atoms with E-state index in [0.29, 0.717) is 6.61 Å². The van der Waals surface area contributed by atoms with E-state index in [1.54, 1.807) is 0 Å². The second-order valence-corrected chi connectivity index (χ2v) is 4.60. The van der Waals surface area contributed by atoms with E-state index in [9.17, 15) is 5.11 Å². The first-order chi connectivity index (χ1) is 6.77. The van der Waals surface area contributed by atoms with Gasteiger partial charge in [0.2, 0.25) is 0 Å². The molecular weight excluding hydrogens is 178 g/mol. The molecule has 0 aromatic rings. The summed E-state index contributed by atoms with van der Waals surface area (Å²) in [5, 5.41) is 12.9. The van der Waals surface area contributed by atoms with Crippen LogP contribution in [0, 0.1) is 0 Å². The van der Waals surface area contributed by atoms with Gasteiger partial charge in [0.1, 0.15) is 0 Å². The molecule has 2 aliphatic heterocycles. The summed E-state index contributed by atoms with van der Waals surface area (Å²) in [7, 11) is 2.16. The number of nitrogens with zero attached hydrogens (tertiary/aromatic N) is 2. The molecule has 0 aliphatic carbocycles. The van der Waals surface area contributed by atoms with Crippen LogP contribution in [-0.2, 0) is 0 Å². The third-order valence-corrected chi connectivity index (χ3v) is 3.69. The van der Waals surface area contributed by atoms with Crippen molar-refractivity contribution in [2.75, 3.05) is 52.9 Å². The van der Waals surface area contributed by atoms with E-state index in [2.05, 4.69) is 22.2 Å². The molecule has 14 heavy (non-hydrogen) atoms. The molecule has 2 aliphatic rings. The summed E-state index contributed by atoms with van der Waals surface area (Å²) in [5.74, 6) is 0. The summed E-state index contributed by atoms with van der Waals surface area (Å²) < 4.78 is 0. The number of aliphatic hydroxyl groups is 1. The van der Waals surface area contributed by atoms with Crippen LogP contribution < -0.4 is 5.32 Å². The van der Waals surface area contributed by atoms with Crippen LogP contribution in [0.2, 0.25) is 0 Å². The van der Waals surface area contributed by atoms with E-state index in [-0.39, 0.29) is 5.54 Å². The van der Waals surface area contributed by atoms with Crippen LogP contribution in [0.15, 0.2) is 0 Å². The molecular formula is C10H21N3O. The maximum Gasteiger partial charge on any atom is 0.0628 e. The minimum absolute atomic E-state index is 0.0429. The highest BCUT2D eigenvalue weighted by Crippen LogP contribution is 2.23. The van der Waals surface area contributed by atoms with Crippen LogP contribution in [0.4, 0.5) is 0 Å². The Kier molecular flexibility index (Phi) is 3.07. The SMILES string of the molecule is CN1CCN(C2(CO)CCNC2)CC1. The van der Waals surface area contributed by atoms with Gasteiger partial charge < -0.3 is 15.3 Å². The largest absolute Gasteiger partial charge is 0.394 e. The Morgan fingerprint density at radius 3 is 2.50 bits per heavy atom. The summed E-state index contributed by atoms with van der Waals surface area (Å²) in [4.78, 5) is 4.82. The topological polar surface area (TPSA) is 38.7 Å². The van der Waals surface area contributed by atoms with Gasteiger partial charge in [0.05, 0.1) is 12.1 Å². The Balaban J connectivity index is 1.98. The highest BCUT2D eigenvalue weighted by molar-refractivity contribution is 4.98. The Bertz CT molecular complexity index is 184. The van der Waals surface area contributed by atoms with Gasteiger partial charge in [0.15, 0.2) is 0 Å². The lowest BCUT2D eigenvalue weighted by Gasteiger charge is -2.43. The van der Waals surface area contributed by atoms with Gasteiger partial charge >= 0.3 is 0 Å². The molecule has 1 atom stereocenters. The predicted molar refractivity (Wildman–Crippen MR) is 56.4 cm³/mol. The molecule has 0 radical (unpaired) electrons. The molecule has 0 saturated carbocycles. The van der Waals surface area contributed by atoms with Crippen molar-refractivity contribution >= 4 is 0 Å². The average molecular weight is 199 g/mol. The van der Waals surface area contributed by atoms with Crippen molar-refractivity contribution in [3.8, 4) is 0 Å². The van der Waals surface area contributed by atoms with Gasteiger partial charge in [-0.05, 0) is 20.0 Å². The molecule has 0 aromatic carbocycles.